The summed E-state index contributed by atoms with van der Waals surface area (Å²) < 4.78 is 5.44. The van der Waals surface area contributed by atoms with Crippen LogP contribution in [0.15, 0.2) is 12.3 Å². The number of amides is 1. The highest BCUT2D eigenvalue weighted by atomic mass is 16.6. The fourth-order valence-electron chi connectivity index (χ4n) is 3.03. The highest BCUT2D eigenvalue weighted by Gasteiger charge is 2.27. The maximum absolute atomic E-state index is 12.1. The number of aromatic nitrogens is 1. The van der Waals surface area contributed by atoms with Gasteiger partial charge in [0.2, 0.25) is 0 Å². The molecule has 0 bridgehead atoms. The van der Waals surface area contributed by atoms with E-state index in [0.717, 1.165) is 31.0 Å². The number of nitrogens with one attached hydrogen (secondary N) is 1. The molecule has 0 radical (unpaired) electrons. The molecule has 1 amide bonds. The number of pyridine rings is 1. The van der Waals surface area contributed by atoms with Crippen LogP contribution in [0.5, 0.6) is 0 Å². The molecule has 0 spiro atoms. The minimum Gasteiger partial charge on any atom is -0.444 e. The molecule has 2 aliphatic heterocycles. The molecule has 6 heteroatoms. The normalized spacial score (nSPS) is 21.3. The predicted octanol–water partition coefficient (Wildman–Crippen LogP) is 2.30. The summed E-state index contributed by atoms with van der Waals surface area (Å²) in [5.41, 5.74) is 3.13. The molecule has 1 N–H and O–H groups in total. The molecule has 1 saturated heterocycles. The van der Waals surface area contributed by atoms with Crippen LogP contribution in [0.1, 0.15) is 45.0 Å². The van der Waals surface area contributed by atoms with Gasteiger partial charge in [-0.1, -0.05) is 0 Å². The molecule has 1 aromatic rings. The van der Waals surface area contributed by atoms with Crippen molar-refractivity contribution in [3.63, 3.8) is 0 Å². The third kappa shape index (κ3) is 3.58. The van der Waals surface area contributed by atoms with Crippen molar-refractivity contribution >= 4 is 11.8 Å². The third-order valence-corrected chi connectivity index (χ3v) is 4.33. The van der Waals surface area contributed by atoms with E-state index in [1.807, 2.05) is 27.0 Å². The molecule has 0 aliphatic carbocycles. The van der Waals surface area contributed by atoms with Gasteiger partial charge in [-0.2, -0.15) is 0 Å². The van der Waals surface area contributed by atoms with Gasteiger partial charge in [-0.15, -0.1) is 0 Å². The Labute approximate surface area is 137 Å². The number of anilines is 1. The molecule has 23 heavy (non-hydrogen) atoms. The first-order valence-corrected chi connectivity index (χ1v) is 8.28. The molecule has 2 aliphatic rings. The number of ether oxygens (including phenoxy) is 1. The largest absolute Gasteiger partial charge is 0.444 e. The Kier molecular flexibility index (Phi) is 4.19. The molecule has 0 saturated carbocycles. The van der Waals surface area contributed by atoms with E-state index in [4.69, 9.17) is 4.74 Å². The fourth-order valence-corrected chi connectivity index (χ4v) is 3.03. The van der Waals surface area contributed by atoms with Crippen LogP contribution in [0.25, 0.3) is 0 Å². The van der Waals surface area contributed by atoms with Crippen molar-refractivity contribution in [2.24, 2.45) is 0 Å². The molecule has 126 valence electrons. The lowest BCUT2D eigenvalue weighted by Gasteiger charge is -2.36. The van der Waals surface area contributed by atoms with Gasteiger partial charge in [-0.25, -0.2) is 4.79 Å². The summed E-state index contributed by atoms with van der Waals surface area (Å²) in [6.07, 6.45) is 1.73. The van der Waals surface area contributed by atoms with Gasteiger partial charge >= 0.3 is 6.09 Å². The fraction of sp³-hybridized carbons (Fsp3) is 0.647. The summed E-state index contributed by atoms with van der Waals surface area (Å²) in [6, 6.07) is 2.59. The number of piperazine rings is 1. The topological polar surface area (TPSA) is 57.7 Å². The monoisotopic (exact) mass is 318 g/mol. The lowest BCUT2D eigenvalue weighted by molar-refractivity contribution is 0.0240. The zero-order chi connectivity index (χ0) is 16.6. The van der Waals surface area contributed by atoms with E-state index in [0.29, 0.717) is 19.1 Å². The lowest BCUT2D eigenvalue weighted by atomic mass is 10.1. The van der Waals surface area contributed by atoms with Gasteiger partial charge in [0.1, 0.15) is 5.60 Å². The molecular formula is C17H26N4O2. The van der Waals surface area contributed by atoms with E-state index < -0.39 is 5.60 Å². The van der Waals surface area contributed by atoms with Crippen molar-refractivity contribution in [3.05, 3.63) is 23.5 Å². The highest BCUT2D eigenvalue weighted by molar-refractivity contribution is 5.68. The zero-order valence-corrected chi connectivity index (χ0v) is 14.4. The number of nitrogens with zero attached hydrogens (tertiary/aromatic N) is 3. The van der Waals surface area contributed by atoms with Gasteiger partial charge in [-0.3, -0.25) is 4.98 Å². The third-order valence-electron chi connectivity index (χ3n) is 4.33. The van der Waals surface area contributed by atoms with Crippen molar-refractivity contribution < 1.29 is 9.53 Å². The molecule has 3 rings (SSSR count). The van der Waals surface area contributed by atoms with Gasteiger partial charge in [0.15, 0.2) is 0 Å². The number of carbonyl (C=O) groups is 1. The molecule has 0 aromatic carbocycles. The minimum absolute atomic E-state index is 0.220. The number of fused-ring (bicyclic) bond motifs is 1. The van der Waals surface area contributed by atoms with E-state index in [2.05, 4.69) is 28.2 Å². The Morgan fingerprint density at radius 3 is 2.65 bits per heavy atom. The van der Waals surface area contributed by atoms with Crippen molar-refractivity contribution in [3.8, 4) is 0 Å². The summed E-state index contributed by atoms with van der Waals surface area (Å²) in [6.45, 7) is 11.7. The summed E-state index contributed by atoms with van der Waals surface area (Å²) in [7, 11) is 0. The molecule has 1 aromatic heterocycles. The standard InChI is InChI=1S/C17H26N4O2/c1-12-14-9-13(10-19-15(14)11-18-12)20-5-7-21(8-6-20)16(22)23-17(2,3)4/h9-10,12,18H,5-8,11H2,1-4H3. The van der Waals surface area contributed by atoms with Crippen LogP contribution in [-0.2, 0) is 11.3 Å². The van der Waals surface area contributed by atoms with Crippen LogP contribution in [0.4, 0.5) is 10.5 Å². The van der Waals surface area contributed by atoms with Crippen molar-refractivity contribution in [1.29, 1.82) is 0 Å². The summed E-state index contributed by atoms with van der Waals surface area (Å²) in [4.78, 5) is 20.8. The second-order valence-electron chi connectivity index (χ2n) is 7.29. The van der Waals surface area contributed by atoms with Crippen LogP contribution in [0, 0.1) is 0 Å². The molecule has 6 nitrogen and oxygen atoms in total. The lowest BCUT2D eigenvalue weighted by Crippen LogP contribution is -2.50. The number of hydrogen-bond donors (Lipinski definition) is 1. The molecule has 1 unspecified atom stereocenters. The van der Waals surface area contributed by atoms with Crippen LogP contribution in [0.2, 0.25) is 0 Å². The Bertz CT molecular complexity index is 589. The van der Waals surface area contributed by atoms with Gasteiger partial charge < -0.3 is 19.9 Å². The quantitative estimate of drug-likeness (QED) is 0.861. The maximum atomic E-state index is 12.1. The minimum atomic E-state index is -0.443. The van der Waals surface area contributed by atoms with E-state index in [1.54, 1.807) is 4.90 Å². The Hall–Kier alpha value is -1.82. The Balaban J connectivity index is 1.61. The first kappa shape index (κ1) is 16.1. The highest BCUT2D eigenvalue weighted by Crippen LogP contribution is 2.27. The van der Waals surface area contributed by atoms with Crippen molar-refractivity contribution in [2.45, 2.75) is 45.9 Å². The summed E-state index contributed by atoms with van der Waals surface area (Å²) >= 11 is 0. The van der Waals surface area contributed by atoms with Crippen LogP contribution in [0.3, 0.4) is 0 Å². The van der Waals surface area contributed by atoms with Crippen molar-refractivity contribution in [1.82, 2.24) is 15.2 Å². The van der Waals surface area contributed by atoms with Crippen LogP contribution in [-0.4, -0.2) is 47.8 Å². The Morgan fingerprint density at radius 2 is 2.00 bits per heavy atom. The maximum Gasteiger partial charge on any atom is 0.410 e. The van der Waals surface area contributed by atoms with Gasteiger partial charge in [0.25, 0.3) is 0 Å². The first-order valence-electron chi connectivity index (χ1n) is 8.28. The van der Waals surface area contributed by atoms with E-state index >= 15 is 0 Å². The van der Waals surface area contributed by atoms with E-state index in [-0.39, 0.29) is 6.09 Å². The average Bonchev–Trinajstić information content (AvgIpc) is 2.87. The SMILES string of the molecule is CC1NCc2ncc(N3CCN(C(=O)OC(C)(C)C)CC3)cc21. The predicted molar refractivity (Wildman–Crippen MR) is 89.5 cm³/mol. The molecule has 1 fully saturated rings. The average molecular weight is 318 g/mol. The summed E-state index contributed by atoms with van der Waals surface area (Å²) in [5, 5.41) is 3.41. The molecule has 1 atom stereocenters. The van der Waals surface area contributed by atoms with Crippen molar-refractivity contribution in [2.75, 3.05) is 31.1 Å². The number of carbonyl (C=O) groups excluding carboxylic acids is 1. The van der Waals surface area contributed by atoms with Gasteiger partial charge in [0, 0.05) is 38.8 Å². The molecular weight excluding hydrogens is 292 g/mol. The second-order valence-corrected chi connectivity index (χ2v) is 7.29. The van der Waals surface area contributed by atoms with Gasteiger partial charge in [0.05, 0.1) is 17.6 Å². The number of hydrogen-bond acceptors (Lipinski definition) is 5. The zero-order valence-electron chi connectivity index (χ0n) is 14.4. The smallest absolute Gasteiger partial charge is 0.410 e. The van der Waals surface area contributed by atoms with E-state index in [9.17, 15) is 4.79 Å². The molecule has 3 heterocycles. The first-order chi connectivity index (χ1) is 10.8. The van der Waals surface area contributed by atoms with Crippen LogP contribution < -0.4 is 10.2 Å². The van der Waals surface area contributed by atoms with Crippen LogP contribution >= 0.6 is 0 Å². The summed E-state index contributed by atoms with van der Waals surface area (Å²) in [5.74, 6) is 0. The van der Waals surface area contributed by atoms with E-state index in [1.165, 1.54) is 5.56 Å². The second kappa shape index (κ2) is 6.00. The number of rotatable bonds is 1. The van der Waals surface area contributed by atoms with Gasteiger partial charge in [-0.05, 0) is 39.3 Å². The Morgan fingerprint density at radius 1 is 1.30 bits per heavy atom.